The van der Waals surface area contributed by atoms with Gasteiger partial charge in [-0.3, -0.25) is 14.5 Å². The zero-order valence-electron chi connectivity index (χ0n) is 17.7. The number of methoxy groups -OCH3 is 1. The van der Waals surface area contributed by atoms with E-state index in [1.807, 2.05) is 19.1 Å². The molecular formula is C23H28N2O4. The molecule has 1 heterocycles. The number of unbranched alkanes of at least 4 members (excludes halogenated alkanes) is 1. The molecule has 1 aromatic carbocycles. The summed E-state index contributed by atoms with van der Waals surface area (Å²) in [5.41, 5.74) is 1.48. The van der Waals surface area contributed by atoms with Crippen LogP contribution in [0.1, 0.15) is 46.1 Å². The van der Waals surface area contributed by atoms with Crippen molar-refractivity contribution in [3.05, 3.63) is 40.5 Å². The van der Waals surface area contributed by atoms with Crippen LogP contribution in [-0.4, -0.2) is 37.0 Å². The first-order valence-electron chi connectivity index (χ1n) is 9.84. The molecule has 0 aliphatic carbocycles. The highest BCUT2D eigenvalue weighted by Gasteiger charge is 2.34. The maximum Gasteiger partial charge on any atom is 0.271 e. The molecule has 1 aliphatic rings. The van der Waals surface area contributed by atoms with Gasteiger partial charge < -0.3 is 9.47 Å². The van der Waals surface area contributed by atoms with Crippen molar-refractivity contribution in [3.63, 3.8) is 0 Å². The largest absolute Gasteiger partial charge is 0.493 e. The summed E-state index contributed by atoms with van der Waals surface area (Å²) in [4.78, 5) is 26.6. The van der Waals surface area contributed by atoms with Crippen LogP contribution in [0, 0.1) is 17.2 Å². The zero-order valence-corrected chi connectivity index (χ0v) is 17.7. The van der Waals surface area contributed by atoms with Crippen molar-refractivity contribution in [2.75, 3.05) is 20.3 Å². The molecule has 0 aromatic heterocycles. The number of nitrogens with zero attached hydrogens (tertiary/aromatic N) is 2. The summed E-state index contributed by atoms with van der Waals surface area (Å²) in [6, 6.07) is 7.36. The minimum absolute atomic E-state index is 0.0100. The van der Waals surface area contributed by atoms with Gasteiger partial charge in [-0.15, -0.1) is 0 Å². The molecule has 29 heavy (non-hydrogen) atoms. The van der Waals surface area contributed by atoms with E-state index in [1.165, 1.54) is 0 Å². The van der Waals surface area contributed by atoms with Crippen molar-refractivity contribution in [1.82, 2.24) is 4.90 Å². The molecule has 0 radical (unpaired) electrons. The number of ether oxygens (including phenoxy) is 2. The fourth-order valence-corrected chi connectivity index (χ4v) is 2.97. The molecule has 154 valence electrons. The van der Waals surface area contributed by atoms with Gasteiger partial charge in [-0.25, -0.2) is 0 Å². The Morgan fingerprint density at radius 3 is 2.52 bits per heavy atom. The first-order valence-corrected chi connectivity index (χ1v) is 9.84. The minimum Gasteiger partial charge on any atom is -0.493 e. The molecule has 6 nitrogen and oxygen atoms in total. The Kier molecular flexibility index (Phi) is 7.60. The lowest BCUT2D eigenvalue weighted by Gasteiger charge is -2.27. The number of hydrogen-bond acceptors (Lipinski definition) is 5. The molecule has 0 spiro atoms. The number of carbonyl (C=O) groups is 2. The van der Waals surface area contributed by atoms with E-state index in [9.17, 15) is 14.9 Å². The van der Waals surface area contributed by atoms with Crippen LogP contribution < -0.4 is 9.47 Å². The molecular weight excluding hydrogens is 368 g/mol. The highest BCUT2D eigenvalue weighted by Crippen LogP contribution is 2.32. The summed E-state index contributed by atoms with van der Waals surface area (Å²) in [5.74, 6) is 0.673. The van der Waals surface area contributed by atoms with E-state index >= 15 is 0 Å². The second-order valence-corrected chi connectivity index (χ2v) is 7.40. The van der Waals surface area contributed by atoms with Gasteiger partial charge in [-0.2, -0.15) is 5.26 Å². The molecule has 0 unspecified atom stereocenters. The topological polar surface area (TPSA) is 79.6 Å². The first kappa shape index (κ1) is 22.2. The van der Waals surface area contributed by atoms with Crippen LogP contribution in [0.3, 0.4) is 0 Å². The fourth-order valence-electron chi connectivity index (χ4n) is 2.97. The third-order valence-electron chi connectivity index (χ3n) is 4.63. The Morgan fingerprint density at radius 2 is 1.93 bits per heavy atom. The summed E-state index contributed by atoms with van der Waals surface area (Å²) in [6.07, 6.45) is 3.23. The maximum absolute atomic E-state index is 13.0. The highest BCUT2D eigenvalue weighted by molar-refractivity contribution is 6.19. The Morgan fingerprint density at radius 1 is 1.21 bits per heavy atom. The van der Waals surface area contributed by atoms with E-state index in [1.54, 1.807) is 32.2 Å². The highest BCUT2D eigenvalue weighted by atomic mass is 16.5. The molecule has 0 fully saturated rings. The van der Waals surface area contributed by atoms with Gasteiger partial charge >= 0.3 is 0 Å². The molecule has 1 aliphatic heterocycles. The molecule has 0 N–H and O–H groups in total. The number of nitriles is 1. The molecule has 6 heteroatoms. The quantitative estimate of drug-likeness (QED) is 0.488. The van der Waals surface area contributed by atoms with E-state index in [2.05, 4.69) is 13.8 Å². The molecule has 0 atom stereocenters. The minimum atomic E-state index is -0.518. The Hall–Kier alpha value is -3.07. The van der Waals surface area contributed by atoms with Crippen LogP contribution in [0.4, 0.5) is 0 Å². The standard InChI is InChI=1S/C23H28N2O4/c1-6-7-10-25-22(26)18(16(4)19(13-24)23(25)27)11-17-8-9-20(21(12-17)28-5)29-14-15(2)3/h8-9,11-12,15H,6-7,10,14H2,1-5H3/b18-11+. The van der Waals surface area contributed by atoms with Gasteiger partial charge in [0.15, 0.2) is 11.5 Å². The van der Waals surface area contributed by atoms with Gasteiger partial charge in [0.25, 0.3) is 11.8 Å². The van der Waals surface area contributed by atoms with E-state index in [-0.39, 0.29) is 11.5 Å². The van der Waals surface area contributed by atoms with Crippen LogP contribution in [-0.2, 0) is 9.59 Å². The van der Waals surface area contributed by atoms with E-state index in [0.29, 0.717) is 48.1 Å². The molecule has 0 saturated heterocycles. The van der Waals surface area contributed by atoms with Crippen molar-refractivity contribution >= 4 is 17.9 Å². The van der Waals surface area contributed by atoms with Crippen LogP contribution in [0.25, 0.3) is 6.08 Å². The van der Waals surface area contributed by atoms with Gasteiger partial charge in [0.2, 0.25) is 0 Å². The summed E-state index contributed by atoms with van der Waals surface area (Å²) in [6.45, 7) is 8.61. The van der Waals surface area contributed by atoms with E-state index < -0.39 is 5.91 Å². The fraction of sp³-hybridized carbons (Fsp3) is 0.435. The molecule has 2 rings (SSSR count). The van der Waals surface area contributed by atoms with Crippen molar-refractivity contribution in [3.8, 4) is 17.6 Å². The lowest BCUT2D eigenvalue weighted by atomic mass is 9.93. The predicted molar refractivity (Wildman–Crippen MR) is 111 cm³/mol. The van der Waals surface area contributed by atoms with E-state index in [4.69, 9.17) is 9.47 Å². The summed E-state index contributed by atoms with van der Waals surface area (Å²) < 4.78 is 11.2. The lowest BCUT2D eigenvalue weighted by molar-refractivity contribution is -0.140. The van der Waals surface area contributed by atoms with Crippen LogP contribution in [0.5, 0.6) is 11.5 Å². The number of amides is 2. The average molecular weight is 396 g/mol. The van der Waals surface area contributed by atoms with Crippen molar-refractivity contribution in [1.29, 1.82) is 5.26 Å². The summed E-state index contributed by atoms with van der Waals surface area (Å²) in [7, 11) is 1.56. The second kappa shape index (κ2) is 9.92. The van der Waals surface area contributed by atoms with Crippen molar-refractivity contribution in [2.24, 2.45) is 5.92 Å². The third kappa shape index (κ3) is 5.05. The summed E-state index contributed by atoms with van der Waals surface area (Å²) >= 11 is 0. The monoisotopic (exact) mass is 396 g/mol. The molecule has 0 bridgehead atoms. The van der Waals surface area contributed by atoms with Crippen LogP contribution >= 0.6 is 0 Å². The Bertz CT molecular complexity index is 891. The zero-order chi connectivity index (χ0) is 21.6. The van der Waals surface area contributed by atoms with Crippen molar-refractivity contribution < 1.29 is 19.1 Å². The number of carbonyl (C=O) groups excluding carboxylic acids is 2. The first-order chi connectivity index (χ1) is 13.8. The second-order valence-electron chi connectivity index (χ2n) is 7.40. The van der Waals surface area contributed by atoms with E-state index in [0.717, 1.165) is 16.9 Å². The number of benzene rings is 1. The van der Waals surface area contributed by atoms with Crippen LogP contribution in [0.2, 0.25) is 0 Å². The number of hydrogen-bond donors (Lipinski definition) is 0. The van der Waals surface area contributed by atoms with Gasteiger partial charge in [-0.05, 0) is 48.6 Å². The Labute approximate surface area is 172 Å². The predicted octanol–water partition coefficient (Wildman–Crippen LogP) is 4.12. The van der Waals surface area contributed by atoms with Gasteiger partial charge in [-0.1, -0.05) is 33.3 Å². The average Bonchev–Trinajstić information content (AvgIpc) is 2.70. The molecule has 2 amide bonds. The lowest BCUT2D eigenvalue weighted by Crippen LogP contribution is -2.43. The normalized spacial score (nSPS) is 15.9. The smallest absolute Gasteiger partial charge is 0.271 e. The molecule has 1 aromatic rings. The van der Waals surface area contributed by atoms with Gasteiger partial charge in [0, 0.05) is 12.1 Å². The third-order valence-corrected chi connectivity index (χ3v) is 4.63. The SMILES string of the molecule is CCCCN1C(=O)C(C#N)=C(C)/C(=C\c2ccc(OCC(C)C)c(OC)c2)C1=O. The number of imide groups is 1. The van der Waals surface area contributed by atoms with Gasteiger partial charge in [0.05, 0.1) is 13.7 Å². The van der Waals surface area contributed by atoms with Gasteiger partial charge in [0.1, 0.15) is 11.6 Å². The maximum atomic E-state index is 13.0. The summed E-state index contributed by atoms with van der Waals surface area (Å²) in [5, 5.41) is 9.44. The molecule has 0 saturated carbocycles. The Balaban J connectivity index is 2.45. The number of rotatable bonds is 8. The van der Waals surface area contributed by atoms with Crippen molar-refractivity contribution in [2.45, 2.75) is 40.5 Å². The van der Waals surface area contributed by atoms with Crippen LogP contribution in [0.15, 0.2) is 34.9 Å².